The lowest BCUT2D eigenvalue weighted by molar-refractivity contribution is -0.136. The van der Waals surface area contributed by atoms with Crippen molar-refractivity contribution < 1.29 is 9.53 Å². The maximum absolute atomic E-state index is 11.7. The van der Waals surface area contributed by atoms with E-state index in [1.54, 1.807) is 28.9 Å². The number of hydrogen-bond acceptors (Lipinski definition) is 4. The number of carbonyl (C=O) groups is 1. The summed E-state index contributed by atoms with van der Waals surface area (Å²) in [6, 6.07) is 7.93. The SMILES string of the molecule is O=C1OC=C(c2cccs2)C1c1cccs1. The molecule has 1 aliphatic heterocycles. The Hall–Kier alpha value is -1.39. The minimum Gasteiger partial charge on any atom is -0.433 e. The highest BCUT2D eigenvalue weighted by Crippen LogP contribution is 2.40. The van der Waals surface area contributed by atoms with Crippen LogP contribution in [-0.4, -0.2) is 5.97 Å². The van der Waals surface area contributed by atoms with Gasteiger partial charge in [-0.3, -0.25) is 4.79 Å². The van der Waals surface area contributed by atoms with Gasteiger partial charge in [-0.25, -0.2) is 0 Å². The standard InChI is InChI=1S/C12H8O2S2/c13-12-11(10-4-2-6-16-10)8(7-14-12)9-3-1-5-15-9/h1-7,11H. The molecule has 0 amide bonds. The van der Waals surface area contributed by atoms with Gasteiger partial charge in [0.25, 0.3) is 0 Å². The Balaban J connectivity index is 2.03. The van der Waals surface area contributed by atoms with Crippen LogP contribution in [0.2, 0.25) is 0 Å². The molecule has 0 saturated carbocycles. The molecule has 1 aliphatic rings. The van der Waals surface area contributed by atoms with Crippen molar-refractivity contribution in [2.24, 2.45) is 0 Å². The third-order valence-electron chi connectivity index (χ3n) is 2.48. The van der Waals surface area contributed by atoms with E-state index in [2.05, 4.69) is 0 Å². The number of esters is 1. The summed E-state index contributed by atoms with van der Waals surface area (Å²) in [6.45, 7) is 0. The first kappa shape index (κ1) is 9.81. The Morgan fingerprint density at radius 2 is 1.94 bits per heavy atom. The Bertz CT molecular complexity index is 523. The van der Waals surface area contributed by atoms with Gasteiger partial charge < -0.3 is 4.74 Å². The number of rotatable bonds is 2. The fourth-order valence-electron chi connectivity index (χ4n) is 1.75. The molecule has 0 bridgehead atoms. The predicted molar refractivity (Wildman–Crippen MR) is 65.4 cm³/mol. The zero-order chi connectivity index (χ0) is 11.0. The van der Waals surface area contributed by atoms with Gasteiger partial charge in [0.1, 0.15) is 12.2 Å². The van der Waals surface area contributed by atoms with Crippen molar-refractivity contribution in [1.29, 1.82) is 0 Å². The third-order valence-corrected chi connectivity index (χ3v) is 4.34. The molecule has 80 valence electrons. The van der Waals surface area contributed by atoms with Gasteiger partial charge in [-0.15, -0.1) is 22.7 Å². The lowest BCUT2D eigenvalue weighted by Gasteiger charge is -2.06. The summed E-state index contributed by atoms with van der Waals surface area (Å²) >= 11 is 3.22. The zero-order valence-electron chi connectivity index (χ0n) is 8.25. The third kappa shape index (κ3) is 1.50. The molecule has 16 heavy (non-hydrogen) atoms. The molecule has 3 rings (SSSR count). The van der Waals surface area contributed by atoms with E-state index in [0.717, 1.165) is 15.3 Å². The smallest absolute Gasteiger partial charge is 0.323 e. The van der Waals surface area contributed by atoms with Gasteiger partial charge in [-0.1, -0.05) is 12.1 Å². The van der Waals surface area contributed by atoms with Crippen LogP contribution in [0.5, 0.6) is 0 Å². The number of ether oxygens (including phenoxy) is 1. The number of thiophene rings is 2. The normalized spacial score (nSPS) is 19.6. The molecule has 1 atom stereocenters. The number of hydrogen-bond donors (Lipinski definition) is 0. The second kappa shape index (κ2) is 3.88. The molecular weight excluding hydrogens is 240 g/mol. The molecule has 0 saturated heterocycles. The van der Waals surface area contributed by atoms with E-state index >= 15 is 0 Å². The maximum atomic E-state index is 11.7. The minimum atomic E-state index is -0.237. The van der Waals surface area contributed by atoms with Gasteiger partial charge in [0.05, 0.1) is 0 Å². The van der Waals surface area contributed by atoms with Gasteiger partial charge in [0.2, 0.25) is 0 Å². The highest BCUT2D eigenvalue weighted by atomic mass is 32.1. The Morgan fingerprint density at radius 1 is 1.12 bits per heavy atom. The van der Waals surface area contributed by atoms with Crippen LogP contribution in [0.4, 0.5) is 0 Å². The molecular formula is C12H8O2S2. The van der Waals surface area contributed by atoms with Crippen molar-refractivity contribution in [3.63, 3.8) is 0 Å². The van der Waals surface area contributed by atoms with Crippen molar-refractivity contribution in [3.8, 4) is 0 Å². The monoisotopic (exact) mass is 248 g/mol. The molecule has 2 nitrogen and oxygen atoms in total. The lowest BCUT2D eigenvalue weighted by Crippen LogP contribution is -2.07. The summed E-state index contributed by atoms with van der Waals surface area (Å²) < 4.78 is 5.04. The average molecular weight is 248 g/mol. The van der Waals surface area contributed by atoms with Crippen LogP contribution in [0.15, 0.2) is 41.3 Å². The summed E-state index contributed by atoms with van der Waals surface area (Å²) in [4.78, 5) is 13.9. The van der Waals surface area contributed by atoms with Gasteiger partial charge in [0, 0.05) is 15.3 Å². The first-order valence-corrected chi connectivity index (χ1v) is 6.60. The minimum absolute atomic E-state index is 0.175. The van der Waals surface area contributed by atoms with Crippen LogP contribution in [-0.2, 0) is 9.53 Å². The van der Waals surface area contributed by atoms with Gasteiger partial charge in [-0.2, -0.15) is 0 Å². The van der Waals surface area contributed by atoms with E-state index in [1.165, 1.54) is 0 Å². The topological polar surface area (TPSA) is 26.3 Å². The highest BCUT2D eigenvalue weighted by molar-refractivity contribution is 7.11. The van der Waals surface area contributed by atoms with Crippen molar-refractivity contribution >= 4 is 34.2 Å². The molecule has 2 aromatic heterocycles. The Kier molecular flexibility index (Phi) is 2.38. The lowest BCUT2D eigenvalue weighted by atomic mass is 9.99. The fourth-order valence-corrected chi connectivity index (χ4v) is 3.35. The fraction of sp³-hybridized carbons (Fsp3) is 0.0833. The van der Waals surface area contributed by atoms with Crippen LogP contribution in [0.1, 0.15) is 15.7 Å². The van der Waals surface area contributed by atoms with Crippen molar-refractivity contribution in [1.82, 2.24) is 0 Å². The molecule has 2 aromatic rings. The van der Waals surface area contributed by atoms with E-state index in [1.807, 2.05) is 35.0 Å². The van der Waals surface area contributed by atoms with Crippen molar-refractivity contribution in [2.75, 3.05) is 0 Å². The largest absolute Gasteiger partial charge is 0.433 e. The summed E-state index contributed by atoms with van der Waals surface area (Å²) in [5, 5.41) is 3.98. The van der Waals surface area contributed by atoms with Crippen LogP contribution >= 0.6 is 22.7 Å². The molecule has 0 N–H and O–H groups in total. The molecule has 0 aliphatic carbocycles. The predicted octanol–water partition coefficient (Wildman–Crippen LogP) is 3.49. The number of cyclic esters (lactones) is 1. The van der Waals surface area contributed by atoms with E-state index in [4.69, 9.17) is 4.74 Å². The van der Waals surface area contributed by atoms with Crippen LogP contribution in [0, 0.1) is 0 Å². The van der Waals surface area contributed by atoms with Crippen LogP contribution in [0.3, 0.4) is 0 Å². The van der Waals surface area contributed by atoms with E-state index in [9.17, 15) is 4.79 Å². The van der Waals surface area contributed by atoms with Crippen molar-refractivity contribution in [3.05, 3.63) is 51.0 Å². The summed E-state index contributed by atoms with van der Waals surface area (Å²) in [6.07, 6.45) is 1.58. The maximum Gasteiger partial charge on any atom is 0.323 e. The summed E-state index contributed by atoms with van der Waals surface area (Å²) in [5.41, 5.74) is 0.974. The Labute approximate surface area is 101 Å². The van der Waals surface area contributed by atoms with Gasteiger partial charge >= 0.3 is 5.97 Å². The first-order valence-electron chi connectivity index (χ1n) is 4.84. The van der Waals surface area contributed by atoms with Crippen LogP contribution < -0.4 is 0 Å². The second-order valence-electron chi connectivity index (χ2n) is 3.44. The van der Waals surface area contributed by atoms with Gasteiger partial charge in [-0.05, 0) is 22.9 Å². The zero-order valence-corrected chi connectivity index (χ0v) is 9.88. The molecule has 0 aromatic carbocycles. The van der Waals surface area contributed by atoms with Crippen molar-refractivity contribution in [2.45, 2.75) is 5.92 Å². The highest BCUT2D eigenvalue weighted by Gasteiger charge is 2.33. The van der Waals surface area contributed by atoms with E-state index < -0.39 is 0 Å². The molecule has 4 heteroatoms. The van der Waals surface area contributed by atoms with Gasteiger partial charge in [0.15, 0.2) is 0 Å². The van der Waals surface area contributed by atoms with E-state index in [0.29, 0.717) is 0 Å². The second-order valence-corrected chi connectivity index (χ2v) is 5.36. The molecule has 0 spiro atoms. The molecule has 0 radical (unpaired) electrons. The van der Waals surface area contributed by atoms with Crippen LogP contribution in [0.25, 0.3) is 5.57 Å². The molecule has 1 unspecified atom stereocenters. The Morgan fingerprint density at radius 3 is 2.62 bits per heavy atom. The molecule has 3 heterocycles. The molecule has 0 fully saturated rings. The van der Waals surface area contributed by atoms with E-state index in [-0.39, 0.29) is 11.9 Å². The number of carbonyl (C=O) groups excluding carboxylic acids is 1. The quantitative estimate of drug-likeness (QED) is 0.760. The summed E-state index contributed by atoms with van der Waals surface area (Å²) in [5.74, 6) is -0.413. The summed E-state index contributed by atoms with van der Waals surface area (Å²) in [7, 11) is 0. The first-order chi connectivity index (χ1) is 7.86. The average Bonchev–Trinajstić information content (AvgIpc) is 2.96.